The van der Waals surface area contributed by atoms with E-state index in [-0.39, 0.29) is 24.3 Å². The number of aromatic nitrogens is 1. The molecule has 1 aromatic carbocycles. The Bertz CT molecular complexity index is 868. The third-order valence-corrected chi connectivity index (χ3v) is 5.78. The van der Waals surface area contributed by atoms with Crippen molar-refractivity contribution < 1.29 is 18.4 Å². The van der Waals surface area contributed by atoms with E-state index in [4.69, 9.17) is 0 Å². The van der Waals surface area contributed by atoms with Crippen LogP contribution in [-0.2, 0) is 9.59 Å². The second-order valence-corrected chi connectivity index (χ2v) is 8.86. The Balaban J connectivity index is 1.48. The number of carbonyl (C=O) groups excluding carboxylic acids is 2. The van der Waals surface area contributed by atoms with E-state index in [1.54, 1.807) is 42.6 Å². The number of alkyl halides is 2. The van der Waals surface area contributed by atoms with E-state index in [0.717, 1.165) is 23.9 Å². The molecule has 3 rings (SSSR count). The highest BCUT2D eigenvalue weighted by Crippen LogP contribution is 2.26. The standard InChI is InChI=1S/C20H21BrF2N4O2S/c21-14-3-8-17(24-10-14)26-19(29)13-2-1-9-27(11-13)12-18(28)25-15-4-6-16(7-5-15)30-20(22)23/h3-8,10,13,20H,1-2,9,11-12H2,(H,25,28)(H,24,26,29). The van der Waals surface area contributed by atoms with E-state index in [1.165, 1.54) is 0 Å². The molecule has 6 nitrogen and oxygen atoms in total. The fraction of sp³-hybridized carbons (Fsp3) is 0.350. The van der Waals surface area contributed by atoms with Crippen LogP contribution in [0.1, 0.15) is 12.8 Å². The molecule has 10 heteroatoms. The van der Waals surface area contributed by atoms with Crippen LogP contribution in [0, 0.1) is 5.92 Å². The fourth-order valence-electron chi connectivity index (χ4n) is 3.21. The first kappa shape index (κ1) is 22.6. The van der Waals surface area contributed by atoms with Crippen molar-refractivity contribution in [3.8, 4) is 0 Å². The summed E-state index contributed by atoms with van der Waals surface area (Å²) in [7, 11) is 0. The van der Waals surface area contributed by atoms with E-state index in [9.17, 15) is 18.4 Å². The molecule has 1 aliphatic rings. The van der Waals surface area contributed by atoms with Crippen molar-refractivity contribution in [2.24, 2.45) is 5.92 Å². The van der Waals surface area contributed by atoms with Crippen molar-refractivity contribution in [3.05, 3.63) is 47.1 Å². The van der Waals surface area contributed by atoms with Gasteiger partial charge in [-0.3, -0.25) is 14.5 Å². The van der Waals surface area contributed by atoms with E-state index >= 15 is 0 Å². The summed E-state index contributed by atoms with van der Waals surface area (Å²) in [6, 6.07) is 9.81. The highest BCUT2D eigenvalue weighted by Gasteiger charge is 2.27. The maximum absolute atomic E-state index is 12.5. The topological polar surface area (TPSA) is 74.3 Å². The SMILES string of the molecule is O=C(CN1CCCC(C(=O)Nc2ccc(Br)cn2)C1)Nc1ccc(SC(F)F)cc1. The number of halogens is 3. The number of amides is 2. The molecule has 1 saturated heterocycles. The summed E-state index contributed by atoms with van der Waals surface area (Å²) in [5.41, 5.74) is 0.547. The zero-order valence-electron chi connectivity index (χ0n) is 16.0. The lowest BCUT2D eigenvalue weighted by Gasteiger charge is -2.31. The number of hydrogen-bond donors (Lipinski definition) is 2. The third-order valence-electron chi connectivity index (χ3n) is 4.59. The summed E-state index contributed by atoms with van der Waals surface area (Å²) in [6.45, 7) is 1.38. The smallest absolute Gasteiger partial charge is 0.288 e. The summed E-state index contributed by atoms with van der Waals surface area (Å²) in [4.78, 5) is 31.4. The fourth-order valence-corrected chi connectivity index (χ4v) is 3.95. The van der Waals surface area contributed by atoms with E-state index in [2.05, 4.69) is 31.5 Å². The van der Waals surface area contributed by atoms with Gasteiger partial charge in [-0.05, 0) is 71.7 Å². The van der Waals surface area contributed by atoms with Crippen molar-refractivity contribution in [1.29, 1.82) is 0 Å². The Morgan fingerprint density at radius 3 is 2.63 bits per heavy atom. The van der Waals surface area contributed by atoms with Gasteiger partial charge in [0.1, 0.15) is 5.82 Å². The molecule has 0 spiro atoms. The van der Waals surface area contributed by atoms with Gasteiger partial charge in [0.25, 0.3) is 5.76 Å². The number of nitrogens with zero attached hydrogens (tertiary/aromatic N) is 2. The van der Waals surface area contributed by atoms with E-state index in [0.29, 0.717) is 34.7 Å². The molecular weight excluding hydrogens is 478 g/mol. The second kappa shape index (κ2) is 10.8. The molecule has 1 aliphatic heterocycles. The minimum atomic E-state index is -2.48. The van der Waals surface area contributed by atoms with Crippen molar-refractivity contribution in [3.63, 3.8) is 0 Å². The first-order chi connectivity index (χ1) is 14.4. The minimum absolute atomic E-state index is 0.109. The zero-order valence-corrected chi connectivity index (χ0v) is 18.4. The van der Waals surface area contributed by atoms with Crippen LogP contribution in [0.15, 0.2) is 52.0 Å². The van der Waals surface area contributed by atoms with Gasteiger partial charge < -0.3 is 10.6 Å². The lowest BCUT2D eigenvalue weighted by molar-refractivity contribution is -0.123. The maximum Gasteiger partial charge on any atom is 0.288 e. The van der Waals surface area contributed by atoms with Crippen LogP contribution in [0.25, 0.3) is 0 Å². The minimum Gasteiger partial charge on any atom is -0.325 e. The quantitative estimate of drug-likeness (QED) is 0.551. The number of benzene rings is 1. The summed E-state index contributed by atoms with van der Waals surface area (Å²) in [6.07, 6.45) is 3.19. The molecule has 0 saturated carbocycles. The van der Waals surface area contributed by atoms with E-state index < -0.39 is 5.76 Å². The zero-order chi connectivity index (χ0) is 21.5. The van der Waals surface area contributed by atoms with Crippen LogP contribution in [0.4, 0.5) is 20.3 Å². The van der Waals surface area contributed by atoms with Gasteiger partial charge in [0, 0.05) is 27.8 Å². The first-order valence-corrected chi connectivity index (χ1v) is 11.1. The number of anilines is 2. The molecular formula is C20H21BrF2N4O2S. The van der Waals surface area contributed by atoms with Gasteiger partial charge in [-0.1, -0.05) is 11.8 Å². The highest BCUT2D eigenvalue weighted by atomic mass is 79.9. The lowest BCUT2D eigenvalue weighted by Crippen LogP contribution is -2.44. The number of thioether (sulfide) groups is 1. The number of hydrogen-bond acceptors (Lipinski definition) is 5. The van der Waals surface area contributed by atoms with Crippen molar-refractivity contribution in [2.45, 2.75) is 23.5 Å². The number of piperidine rings is 1. The Kier molecular flexibility index (Phi) is 8.17. The molecule has 2 aromatic rings. The van der Waals surface area contributed by atoms with Gasteiger partial charge in [0.2, 0.25) is 11.8 Å². The molecule has 2 heterocycles. The number of rotatable bonds is 7. The second-order valence-electron chi connectivity index (χ2n) is 6.88. The summed E-state index contributed by atoms with van der Waals surface area (Å²) >= 11 is 3.76. The number of carbonyl (C=O) groups is 2. The normalized spacial score (nSPS) is 17.0. The van der Waals surface area contributed by atoms with E-state index in [1.807, 2.05) is 4.90 Å². The van der Waals surface area contributed by atoms with Crippen molar-refractivity contribution >= 4 is 51.0 Å². The van der Waals surface area contributed by atoms with Gasteiger partial charge in [0.05, 0.1) is 12.5 Å². The molecule has 30 heavy (non-hydrogen) atoms. The van der Waals surface area contributed by atoms with Crippen LogP contribution in [0.3, 0.4) is 0 Å². The average molecular weight is 499 g/mol. The summed E-state index contributed by atoms with van der Waals surface area (Å²) in [5.74, 6) is -2.52. The molecule has 1 aromatic heterocycles. The van der Waals surface area contributed by atoms with Crippen molar-refractivity contribution in [1.82, 2.24) is 9.88 Å². The number of likely N-dealkylation sites (tertiary alicyclic amines) is 1. The van der Waals surface area contributed by atoms with Gasteiger partial charge in [0.15, 0.2) is 0 Å². The highest BCUT2D eigenvalue weighted by molar-refractivity contribution is 9.10. The molecule has 160 valence electrons. The average Bonchev–Trinajstić information content (AvgIpc) is 2.71. The monoisotopic (exact) mass is 498 g/mol. The molecule has 1 unspecified atom stereocenters. The molecule has 0 aliphatic carbocycles. The van der Waals surface area contributed by atoms with Crippen molar-refractivity contribution in [2.75, 3.05) is 30.3 Å². The Morgan fingerprint density at radius 1 is 1.20 bits per heavy atom. The number of nitrogens with one attached hydrogen (secondary N) is 2. The molecule has 1 atom stereocenters. The van der Waals surface area contributed by atoms with Crippen LogP contribution in [0.2, 0.25) is 0 Å². The molecule has 0 radical (unpaired) electrons. The Morgan fingerprint density at radius 2 is 1.97 bits per heavy atom. The first-order valence-electron chi connectivity index (χ1n) is 9.38. The lowest BCUT2D eigenvalue weighted by atomic mass is 9.97. The van der Waals surface area contributed by atoms with Crippen LogP contribution >= 0.6 is 27.7 Å². The van der Waals surface area contributed by atoms with Gasteiger partial charge >= 0.3 is 0 Å². The van der Waals surface area contributed by atoms with Crippen LogP contribution in [-0.4, -0.2) is 47.1 Å². The predicted molar refractivity (Wildman–Crippen MR) is 117 cm³/mol. The predicted octanol–water partition coefficient (Wildman–Crippen LogP) is 4.45. The van der Waals surface area contributed by atoms with Gasteiger partial charge in [-0.15, -0.1) is 0 Å². The third kappa shape index (κ3) is 7.03. The van der Waals surface area contributed by atoms with Crippen LogP contribution in [0.5, 0.6) is 0 Å². The molecule has 2 amide bonds. The molecule has 2 N–H and O–H groups in total. The van der Waals surface area contributed by atoms with Gasteiger partial charge in [-0.25, -0.2) is 4.98 Å². The van der Waals surface area contributed by atoms with Crippen LogP contribution < -0.4 is 10.6 Å². The van der Waals surface area contributed by atoms with Gasteiger partial charge in [-0.2, -0.15) is 8.78 Å². The summed E-state index contributed by atoms with van der Waals surface area (Å²) < 4.78 is 25.6. The molecule has 0 bridgehead atoms. The number of pyridine rings is 1. The molecule has 1 fully saturated rings. The Hall–Kier alpha value is -2.04. The largest absolute Gasteiger partial charge is 0.325 e. The Labute approximate surface area is 185 Å². The summed E-state index contributed by atoms with van der Waals surface area (Å²) in [5, 5.41) is 5.58. The maximum atomic E-state index is 12.5.